The molecule has 0 saturated heterocycles. The van der Waals surface area contributed by atoms with Crippen LogP contribution in [-0.2, 0) is 5.41 Å². The van der Waals surface area contributed by atoms with E-state index in [1.807, 2.05) is 30.7 Å². The Balaban J connectivity index is 1.22. The number of aromatic nitrogens is 4. The number of pyridine rings is 2. The lowest BCUT2D eigenvalue weighted by atomic mass is 9.82. The molecular weight excluding hydrogens is 633 g/mol. The van der Waals surface area contributed by atoms with E-state index in [9.17, 15) is 0 Å². The van der Waals surface area contributed by atoms with Crippen LogP contribution in [0.4, 0.5) is 0 Å². The molecular formula is C48H34N4. The van der Waals surface area contributed by atoms with Crippen molar-refractivity contribution in [1.29, 1.82) is 0 Å². The fraction of sp³-hybridized carbons (Fsp3) is 0.0625. The summed E-state index contributed by atoms with van der Waals surface area (Å²) in [6, 6.07) is 54.3. The molecule has 0 atom stereocenters. The fourth-order valence-corrected chi connectivity index (χ4v) is 8.10. The van der Waals surface area contributed by atoms with E-state index in [1.54, 1.807) is 0 Å². The molecule has 10 rings (SSSR count). The number of para-hydroxylation sites is 1. The molecule has 9 aromatic rings. The van der Waals surface area contributed by atoms with Gasteiger partial charge in [0.05, 0.1) is 0 Å². The van der Waals surface area contributed by atoms with Crippen LogP contribution in [0.25, 0.3) is 83.5 Å². The average molecular weight is 667 g/mol. The first-order chi connectivity index (χ1) is 25.5. The molecule has 0 bridgehead atoms. The zero-order valence-electron chi connectivity index (χ0n) is 29.0. The predicted octanol–water partition coefficient (Wildman–Crippen LogP) is 11.9. The van der Waals surface area contributed by atoms with Gasteiger partial charge in [0.15, 0.2) is 5.65 Å². The Labute approximate surface area is 302 Å². The third-order valence-corrected chi connectivity index (χ3v) is 10.7. The van der Waals surface area contributed by atoms with Gasteiger partial charge in [0.2, 0.25) is 0 Å². The topological polar surface area (TPSA) is 43.6 Å². The van der Waals surface area contributed by atoms with Crippen molar-refractivity contribution >= 4 is 21.9 Å². The van der Waals surface area contributed by atoms with Crippen LogP contribution in [-0.4, -0.2) is 19.5 Å². The van der Waals surface area contributed by atoms with Gasteiger partial charge in [-0.05, 0) is 110 Å². The van der Waals surface area contributed by atoms with E-state index in [1.165, 1.54) is 33.0 Å². The smallest absolute Gasteiger partial charge is 0.165 e. The average Bonchev–Trinajstić information content (AvgIpc) is 3.71. The second kappa shape index (κ2) is 11.7. The zero-order valence-corrected chi connectivity index (χ0v) is 29.0. The fourth-order valence-electron chi connectivity index (χ4n) is 8.10. The number of rotatable bonds is 5. The number of fused-ring (bicyclic) bond motifs is 5. The van der Waals surface area contributed by atoms with Gasteiger partial charge in [0, 0.05) is 46.4 Å². The predicted molar refractivity (Wildman–Crippen MR) is 213 cm³/mol. The number of hydrogen-bond donors (Lipinski definition) is 0. The van der Waals surface area contributed by atoms with E-state index in [0.717, 1.165) is 61.6 Å². The van der Waals surface area contributed by atoms with Gasteiger partial charge < -0.3 is 0 Å². The molecule has 0 amide bonds. The van der Waals surface area contributed by atoms with Gasteiger partial charge in [0.1, 0.15) is 11.3 Å². The molecule has 246 valence electrons. The van der Waals surface area contributed by atoms with Crippen molar-refractivity contribution in [3.8, 4) is 61.6 Å². The highest BCUT2D eigenvalue weighted by atomic mass is 15.1. The molecule has 1 aliphatic rings. The van der Waals surface area contributed by atoms with E-state index in [4.69, 9.17) is 9.97 Å². The molecule has 3 aromatic heterocycles. The Bertz CT molecular complexity index is 2810. The summed E-state index contributed by atoms with van der Waals surface area (Å²) in [5, 5.41) is 2.41. The van der Waals surface area contributed by atoms with E-state index in [2.05, 4.69) is 163 Å². The van der Waals surface area contributed by atoms with Crippen molar-refractivity contribution in [3.63, 3.8) is 0 Å². The molecule has 0 N–H and O–H groups in total. The maximum atomic E-state index is 5.48. The monoisotopic (exact) mass is 666 g/mol. The van der Waals surface area contributed by atoms with Crippen LogP contribution >= 0.6 is 0 Å². The van der Waals surface area contributed by atoms with Gasteiger partial charge in [-0.1, -0.05) is 111 Å². The Morgan fingerprint density at radius 3 is 2.06 bits per heavy atom. The summed E-state index contributed by atoms with van der Waals surface area (Å²) in [6.45, 7) is 4.65. The van der Waals surface area contributed by atoms with Crippen molar-refractivity contribution in [1.82, 2.24) is 19.5 Å². The summed E-state index contributed by atoms with van der Waals surface area (Å²) >= 11 is 0. The van der Waals surface area contributed by atoms with Crippen LogP contribution in [0.2, 0.25) is 0 Å². The minimum absolute atomic E-state index is 0.0521. The molecule has 4 nitrogen and oxygen atoms in total. The van der Waals surface area contributed by atoms with Crippen molar-refractivity contribution in [2.24, 2.45) is 0 Å². The number of imidazole rings is 1. The van der Waals surface area contributed by atoms with Gasteiger partial charge >= 0.3 is 0 Å². The number of benzene rings is 6. The van der Waals surface area contributed by atoms with Gasteiger partial charge in [0.25, 0.3) is 0 Å². The lowest BCUT2D eigenvalue weighted by Crippen LogP contribution is -2.14. The quantitative estimate of drug-likeness (QED) is 0.184. The molecule has 0 fully saturated rings. The molecule has 6 aromatic carbocycles. The molecule has 4 heteroatoms. The highest BCUT2D eigenvalue weighted by Gasteiger charge is 2.35. The summed E-state index contributed by atoms with van der Waals surface area (Å²) in [6.07, 6.45) is 5.66. The summed E-state index contributed by atoms with van der Waals surface area (Å²) in [5.74, 6) is 0.835. The molecule has 0 radical (unpaired) electrons. The summed E-state index contributed by atoms with van der Waals surface area (Å²) in [7, 11) is 0. The third-order valence-electron chi connectivity index (χ3n) is 10.7. The molecule has 1 aliphatic carbocycles. The molecule has 0 spiro atoms. The van der Waals surface area contributed by atoms with Gasteiger partial charge in [-0.15, -0.1) is 0 Å². The SMILES string of the molecule is CC1(C)c2ccccc2-c2cc(-c3cc(-c4cccnc4)cc(-c4nc5c(-c6ccc7ccccc7c6)ccnc5n4-c4ccccc4)c3)ccc21. The van der Waals surface area contributed by atoms with Crippen molar-refractivity contribution in [2.45, 2.75) is 19.3 Å². The maximum Gasteiger partial charge on any atom is 0.165 e. The molecule has 0 saturated carbocycles. The standard InChI is InChI=1S/C48H34N4/c1-48(2)43-17-9-8-16-41(43)42-29-33(20-21-44(42)48)36-26-37(35-13-10-23-49-30-35)28-38(27-36)46-51-45-40(34-19-18-31-11-6-7-12-32(31)25-34)22-24-50-47(45)52(46)39-14-4-3-5-15-39/h3-30H,1-2H3. The first-order valence-electron chi connectivity index (χ1n) is 17.8. The maximum absolute atomic E-state index is 5.48. The lowest BCUT2D eigenvalue weighted by Gasteiger charge is -2.21. The van der Waals surface area contributed by atoms with Gasteiger partial charge in [-0.2, -0.15) is 0 Å². The van der Waals surface area contributed by atoms with Crippen LogP contribution in [0, 0.1) is 0 Å². The van der Waals surface area contributed by atoms with Crippen LogP contribution in [0.3, 0.4) is 0 Å². The van der Waals surface area contributed by atoms with Crippen molar-refractivity contribution in [3.05, 3.63) is 181 Å². The molecule has 3 heterocycles. The Hall–Kier alpha value is -6.65. The van der Waals surface area contributed by atoms with Gasteiger partial charge in [-0.25, -0.2) is 9.97 Å². The summed E-state index contributed by atoms with van der Waals surface area (Å²) in [4.78, 5) is 14.9. The third kappa shape index (κ3) is 4.79. The molecule has 0 unspecified atom stereocenters. The largest absolute Gasteiger partial charge is 0.277 e. The van der Waals surface area contributed by atoms with Crippen LogP contribution < -0.4 is 0 Å². The molecule has 52 heavy (non-hydrogen) atoms. The second-order valence-corrected chi connectivity index (χ2v) is 14.2. The van der Waals surface area contributed by atoms with E-state index >= 15 is 0 Å². The first kappa shape index (κ1) is 30.2. The van der Waals surface area contributed by atoms with E-state index in [-0.39, 0.29) is 5.41 Å². The summed E-state index contributed by atoms with van der Waals surface area (Å²) < 4.78 is 2.20. The highest BCUT2D eigenvalue weighted by Crippen LogP contribution is 2.50. The first-order valence-corrected chi connectivity index (χ1v) is 17.8. The molecule has 0 aliphatic heterocycles. The highest BCUT2D eigenvalue weighted by molar-refractivity contribution is 5.97. The summed E-state index contributed by atoms with van der Waals surface area (Å²) in [5.41, 5.74) is 15.6. The van der Waals surface area contributed by atoms with Gasteiger partial charge in [-0.3, -0.25) is 9.55 Å². The van der Waals surface area contributed by atoms with E-state index in [0.29, 0.717) is 0 Å². The number of nitrogens with zero attached hydrogens (tertiary/aromatic N) is 4. The minimum atomic E-state index is -0.0521. The Morgan fingerprint density at radius 1 is 0.481 bits per heavy atom. The normalized spacial score (nSPS) is 13.0. The second-order valence-electron chi connectivity index (χ2n) is 14.2. The Kier molecular flexibility index (Phi) is 6.80. The number of hydrogen-bond acceptors (Lipinski definition) is 3. The van der Waals surface area contributed by atoms with Crippen molar-refractivity contribution < 1.29 is 0 Å². The van der Waals surface area contributed by atoms with Crippen LogP contribution in [0.15, 0.2) is 170 Å². The zero-order chi connectivity index (χ0) is 34.8. The van der Waals surface area contributed by atoms with Crippen molar-refractivity contribution in [2.75, 3.05) is 0 Å². The van der Waals surface area contributed by atoms with Crippen LogP contribution in [0.5, 0.6) is 0 Å². The Morgan fingerprint density at radius 2 is 1.21 bits per heavy atom. The van der Waals surface area contributed by atoms with Crippen LogP contribution in [0.1, 0.15) is 25.0 Å². The lowest BCUT2D eigenvalue weighted by molar-refractivity contribution is 0.660. The van der Waals surface area contributed by atoms with E-state index < -0.39 is 0 Å². The minimum Gasteiger partial charge on any atom is -0.277 e.